The van der Waals surface area contributed by atoms with Gasteiger partial charge in [0.2, 0.25) is 5.88 Å². The molecular weight excluding hydrogens is 433 g/mol. The van der Waals surface area contributed by atoms with E-state index in [1.54, 1.807) is 0 Å². The van der Waals surface area contributed by atoms with Crippen LogP contribution in [-0.4, -0.2) is 45.6 Å². The van der Waals surface area contributed by atoms with E-state index >= 15 is 0 Å². The molecule has 146 valence electrons. The summed E-state index contributed by atoms with van der Waals surface area (Å²) in [5.74, 6) is 0.460. The predicted octanol–water partition coefficient (Wildman–Crippen LogP) is 3.08. The van der Waals surface area contributed by atoms with Crippen molar-refractivity contribution in [1.82, 2.24) is 19.9 Å². The number of amides is 1. The number of rotatable bonds is 6. The zero-order valence-electron chi connectivity index (χ0n) is 14.0. The van der Waals surface area contributed by atoms with Crippen LogP contribution >= 0.6 is 15.9 Å². The highest BCUT2D eigenvalue weighted by atomic mass is 79.9. The monoisotopic (exact) mass is 448 g/mol. The molecular formula is C16H16BrF3N4O3. The molecule has 0 radical (unpaired) electrons. The maximum atomic E-state index is 12.5. The van der Waals surface area contributed by atoms with Crippen molar-refractivity contribution < 1.29 is 27.4 Å². The number of nitrogens with one attached hydrogen (secondary N) is 1. The Morgan fingerprint density at radius 2 is 2.11 bits per heavy atom. The lowest BCUT2D eigenvalue weighted by Gasteiger charge is -2.35. The van der Waals surface area contributed by atoms with E-state index in [4.69, 9.17) is 4.74 Å². The average Bonchev–Trinajstić information content (AvgIpc) is 3.33. The molecule has 2 aromatic heterocycles. The molecule has 0 aromatic carbocycles. The minimum absolute atomic E-state index is 0.109. The van der Waals surface area contributed by atoms with Crippen LogP contribution in [0, 0.1) is 5.92 Å². The molecule has 0 spiro atoms. The van der Waals surface area contributed by atoms with Crippen molar-refractivity contribution in [3.8, 4) is 5.88 Å². The van der Waals surface area contributed by atoms with Crippen LogP contribution < -0.4 is 10.1 Å². The molecule has 0 unspecified atom stereocenters. The fraction of sp³-hybridized carbons (Fsp3) is 0.562. The van der Waals surface area contributed by atoms with E-state index in [0.717, 1.165) is 12.8 Å². The van der Waals surface area contributed by atoms with Gasteiger partial charge in [-0.05, 0) is 53.6 Å². The smallest absolute Gasteiger partial charge is 0.475 e. The SMILES string of the molecule is O=C(N[C@H]1C[C@@H](OC(F)(F)F)C1)c1ccnc2c(Br)c(OCC3CC3)nn12. The van der Waals surface area contributed by atoms with E-state index in [2.05, 4.69) is 36.1 Å². The molecule has 2 aliphatic carbocycles. The van der Waals surface area contributed by atoms with Gasteiger partial charge in [-0.3, -0.25) is 9.53 Å². The summed E-state index contributed by atoms with van der Waals surface area (Å²) in [7, 11) is 0. The largest absolute Gasteiger partial charge is 0.522 e. The lowest BCUT2D eigenvalue weighted by Crippen LogP contribution is -2.49. The third-order valence-corrected chi connectivity index (χ3v) is 5.24. The maximum Gasteiger partial charge on any atom is 0.522 e. The molecule has 2 aromatic rings. The number of halogens is 4. The van der Waals surface area contributed by atoms with Crippen LogP contribution in [0.2, 0.25) is 0 Å². The lowest BCUT2D eigenvalue weighted by molar-refractivity contribution is -0.351. The van der Waals surface area contributed by atoms with Gasteiger partial charge < -0.3 is 10.1 Å². The molecule has 0 atom stereocenters. The maximum absolute atomic E-state index is 12.5. The number of fused-ring (bicyclic) bond motifs is 1. The standard InChI is InChI=1S/C16H16BrF3N4O3/c17-12-13-21-4-3-11(24(13)23-15(12)26-7-8-1-2-8)14(25)22-9-5-10(6-9)27-16(18,19)20/h3-4,8-10H,1-2,5-7H2,(H,22,25)/t9-,10+. The third kappa shape index (κ3) is 4.18. The molecule has 1 N–H and O–H groups in total. The summed E-state index contributed by atoms with van der Waals surface area (Å²) in [6, 6.07) is 1.12. The third-order valence-electron chi connectivity index (χ3n) is 4.55. The second-order valence-electron chi connectivity index (χ2n) is 6.77. The number of alkyl halides is 3. The Labute approximate surface area is 160 Å². The summed E-state index contributed by atoms with van der Waals surface area (Å²) >= 11 is 3.39. The van der Waals surface area contributed by atoms with Crippen LogP contribution in [0.25, 0.3) is 5.65 Å². The second-order valence-corrected chi connectivity index (χ2v) is 7.56. The molecule has 0 aliphatic heterocycles. The van der Waals surface area contributed by atoms with Crippen molar-refractivity contribution >= 4 is 27.5 Å². The first-order valence-electron chi connectivity index (χ1n) is 8.51. The van der Waals surface area contributed by atoms with Crippen molar-refractivity contribution in [2.75, 3.05) is 6.61 Å². The van der Waals surface area contributed by atoms with Crippen LogP contribution in [0.15, 0.2) is 16.7 Å². The molecule has 2 saturated carbocycles. The Kier molecular flexibility index (Phi) is 4.75. The van der Waals surface area contributed by atoms with E-state index in [1.165, 1.54) is 16.8 Å². The van der Waals surface area contributed by atoms with Crippen molar-refractivity contribution in [3.63, 3.8) is 0 Å². The van der Waals surface area contributed by atoms with Gasteiger partial charge >= 0.3 is 6.36 Å². The van der Waals surface area contributed by atoms with Crippen LogP contribution in [0.4, 0.5) is 13.2 Å². The Morgan fingerprint density at radius 1 is 1.37 bits per heavy atom. The van der Waals surface area contributed by atoms with E-state index in [1.807, 2.05) is 0 Å². The van der Waals surface area contributed by atoms with Gasteiger partial charge in [-0.1, -0.05) is 0 Å². The van der Waals surface area contributed by atoms with Crippen molar-refractivity contribution in [1.29, 1.82) is 0 Å². The number of aromatic nitrogens is 3. The summed E-state index contributed by atoms with van der Waals surface area (Å²) in [6.45, 7) is 0.562. The molecule has 0 bridgehead atoms. The molecule has 11 heteroatoms. The Bertz CT molecular complexity index is 862. The van der Waals surface area contributed by atoms with E-state index in [-0.39, 0.29) is 24.6 Å². The number of carbonyl (C=O) groups excluding carboxylic acids is 1. The first kappa shape index (κ1) is 18.5. The number of hydrogen-bond donors (Lipinski definition) is 1. The summed E-state index contributed by atoms with van der Waals surface area (Å²) in [5, 5.41) is 7.00. The average molecular weight is 449 g/mol. The summed E-state index contributed by atoms with van der Waals surface area (Å²) in [5.41, 5.74) is 0.655. The zero-order chi connectivity index (χ0) is 19.2. The van der Waals surface area contributed by atoms with Gasteiger partial charge in [-0.15, -0.1) is 18.3 Å². The fourth-order valence-corrected chi connectivity index (χ4v) is 3.34. The normalized spacial score (nSPS) is 22.5. The summed E-state index contributed by atoms with van der Waals surface area (Å²) in [4.78, 5) is 16.7. The van der Waals surface area contributed by atoms with Crippen LogP contribution in [0.5, 0.6) is 5.88 Å². The van der Waals surface area contributed by atoms with Crippen LogP contribution in [-0.2, 0) is 4.74 Å². The van der Waals surface area contributed by atoms with E-state index in [9.17, 15) is 18.0 Å². The van der Waals surface area contributed by atoms with Gasteiger partial charge in [0.15, 0.2) is 5.65 Å². The molecule has 27 heavy (non-hydrogen) atoms. The number of ether oxygens (including phenoxy) is 2. The molecule has 1 amide bonds. The Balaban J connectivity index is 1.43. The summed E-state index contributed by atoms with van der Waals surface area (Å²) < 4.78 is 48.0. The molecule has 0 saturated heterocycles. The summed E-state index contributed by atoms with van der Waals surface area (Å²) in [6.07, 6.45) is -1.62. The quantitative estimate of drug-likeness (QED) is 0.734. The fourth-order valence-electron chi connectivity index (χ4n) is 2.87. The van der Waals surface area contributed by atoms with Gasteiger partial charge in [-0.25, -0.2) is 9.50 Å². The second kappa shape index (κ2) is 6.93. The highest BCUT2D eigenvalue weighted by Gasteiger charge is 2.40. The van der Waals surface area contributed by atoms with Crippen molar-refractivity contribution in [2.45, 2.75) is 44.2 Å². The molecule has 4 rings (SSSR count). The van der Waals surface area contributed by atoms with Crippen molar-refractivity contribution in [3.05, 3.63) is 22.4 Å². The molecule has 2 fully saturated rings. The highest BCUT2D eigenvalue weighted by molar-refractivity contribution is 9.10. The van der Waals surface area contributed by atoms with Gasteiger partial charge in [0.05, 0.1) is 12.7 Å². The van der Waals surface area contributed by atoms with Crippen LogP contribution in [0.1, 0.15) is 36.2 Å². The van der Waals surface area contributed by atoms with E-state index in [0.29, 0.717) is 28.5 Å². The van der Waals surface area contributed by atoms with Crippen LogP contribution in [0.3, 0.4) is 0 Å². The van der Waals surface area contributed by atoms with Crippen molar-refractivity contribution in [2.24, 2.45) is 5.92 Å². The molecule has 2 aliphatic rings. The minimum atomic E-state index is -4.66. The minimum Gasteiger partial charge on any atom is -0.475 e. The molecule has 7 nitrogen and oxygen atoms in total. The van der Waals surface area contributed by atoms with Gasteiger partial charge in [0, 0.05) is 12.2 Å². The Morgan fingerprint density at radius 3 is 2.78 bits per heavy atom. The Hall–Kier alpha value is -1.88. The van der Waals surface area contributed by atoms with Gasteiger partial charge in [0.25, 0.3) is 5.91 Å². The number of hydrogen-bond acceptors (Lipinski definition) is 5. The van der Waals surface area contributed by atoms with Gasteiger partial charge in [0.1, 0.15) is 10.2 Å². The topological polar surface area (TPSA) is 77.8 Å². The zero-order valence-corrected chi connectivity index (χ0v) is 15.6. The van der Waals surface area contributed by atoms with Gasteiger partial charge in [-0.2, -0.15) is 0 Å². The highest BCUT2D eigenvalue weighted by Crippen LogP contribution is 2.33. The molecule has 2 heterocycles. The first-order valence-corrected chi connectivity index (χ1v) is 9.31. The first-order chi connectivity index (χ1) is 12.8. The number of carbonyl (C=O) groups is 1. The lowest BCUT2D eigenvalue weighted by atomic mass is 9.89. The van der Waals surface area contributed by atoms with E-state index < -0.39 is 18.4 Å². The predicted molar refractivity (Wildman–Crippen MR) is 90.3 cm³/mol. The number of nitrogens with zero attached hydrogens (tertiary/aromatic N) is 3.